The molecule has 3 aromatic rings. The maximum Gasteiger partial charge on any atom is 0.344 e. The highest BCUT2D eigenvalue weighted by atomic mass is 16.5. The number of rotatable bonds is 11. The standard InChI is InChI=1S/C30H34O6/c1-3-9-23-26(14-12-22-13-15-27(30(32)33)36-29(22)23)34-16-8-17-35-28-19-25(31)24(18-20(28)4-2)21-10-6-5-7-11-21/h5-7,10-12,14,18-19,27,31H,3-4,8-9,13,15-17H2,1-2H3,(H,32,33). The van der Waals surface area contributed by atoms with E-state index in [2.05, 4.69) is 13.8 Å². The van der Waals surface area contributed by atoms with Gasteiger partial charge in [0.15, 0.2) is 6.10 Å². The molecule has 2 N–H and O–H groups in total. The van der Waals surface area contributed by atoms with Gasteiger partial charge in [-0.3, -0.25) is 0 Å². The van der Waals surface area contributed by atoms with Crippen LogP contribution in [0.1, 0.15) is 49.8 Å². The molecule has 0 aromatic heterocycles. The summed E-state index contributed by atoms with van der Waals surface area (Å²) in [6, 6.07) is 17.4. The number of carboxylic acid groups (broad SMARTS) is 1. The Balaban J connectivity index is 1.38. The highest BCUT2D eigenvalue weighted by molar-refractivity contribution is 5.74. The van der Waals surface area contributed by atoms with E-state index in [4.69, 9.17) is 14.2 Å². The van der Waals surface area contributed by atoms with Crippen molar-refractivity contribution in [1.29, 1.82) is 0 Å². The molecular weight excluding hydrogens is 456 g/mol. The predicted octanol–water partition coefficient (Wildman–Crippen LogP) is 6.20. The first-order chi connectivity index (χ1) is 17.5. The zero-order valence-electron chi connectivity index (χ0n) is 21.0. The summed E-state index contributed by atoms with van der Waals surface area (Å²) in [6.45, 7) is 5.05. The number of carbonyl (C=O) groups is 1. The van der Waals surface area contributed by atoms with E-state index in [0.717, 1.165) is 52.8 Å². The SMILES string of the molecule is CCCc1c(OCCCOc2cc(O)c(-c3ccccc3)cc2CC)ccc2c1OC(C(=O)O)CC2. The summed E-state index contributed by atoms with van der Waals surface area (Å²) < 4.78 is 18.0. The number of aliphatic carboxylic acids is 1. The van der Waals surface area contributed by atoms with Crippen molar-refractivity contribution in [2.75, 3.05) is 13.2 Å². The van der Waals surface area contributed by atoms with Crippen molar-refractivity contribution in [1.82, 2.24) is 0 Å². The van der Waals surface area contributed by atoms with Gasteiger partial charge in [0.2, 0.25) is 0 Å². The molecule has 1 atom stereocenters. The minimum Gasteiger partial charge on any atom is -0.507 e. The van der Waals surface area contributed by atoms with E-state index in [9.17, 15) is 15.0 Å². The van der Waals surface area contributed by atoms with Gasteiger partial charge in [-0.15, -0.1) is 0 Å². The van der Waals surface area contributed by atoms with Gasteiger partial charge in [-0.1, -0.05) is 56.7 Å². The molecule has 1 unspecified atom stereocenters. The highest BCUT2D eigenvalue weighted by Gasteiger charge is 2.28. The van der Waals surface area contributed by atoms with Crippen molar-refractivity contribution in [3.8, 4) is 34.1 Å². The largest absolute Gasteiger partial charge is 0.507 e. The molecule has 4 rings (SSSR count). The number of aromatic hydroxyl groups is 1. The van der Waals surface area contributed by atoms with Crippen LogP contribution in [0.2, 0.25) is 0 Å². The molecule has 3 aromatic carbocycles. The molecule has 1 aliphatic rings. The molecule has 6 heteroatoms. The summed E-state index contributed by atoms with van der Waals surface area (Å²) in [4.78, 5) is 11.5. The molecule has 1 heterocycles. The quantitative estimate of drug-likeness (QED) is 0.311. The lowest BCUT2D eigenvalue weighted by Crippen LogP contribution is -2.31. The first-order valence-electron chi connectivity index (χ1n) is 12.7. The molecule has 0 saturated carbocycles. The lowest BCUT2D eigenvalue weighted by molar-refractivity contribution is -0.145. The van der Waals surface area contributed by atoms with Crippen molar-refractivity contribution in [2.45, 2.75) is 58.5 Å². The van der Waals surface area contributed by atoms with E-state index in [-0.39, 0.29) is 5.75 Å². The normalized spacial score (nSPS) is 14.6. The number of fused-ring (bicyclic) bond motifs is 1. The fraction of sp³-hybridized carbons (Fsp3) is 0.367. The number of carboxylic acids is 1. The minimum absolute atomic E-state index is 0.197. The van der Waals surface area contributed by atoms with Crippen molar-refractivity contribution >= 4 is 5.97 Å². The van der Waals surface area contributed by atoms with Crippen LogP contribution in [0.5, 0.6) is 23.0 Å². The number of phenolic OH excluding ortho intramolecular Hbond substituents is 1. The molecule has 0 amide bonds. The Morgan fingerprint density at radius 1 is 1.03 bits per heavy atom. The third-order valence-electron chi connectivity index (χ3n) is 6.46. The predicted molar refractivity (Wildman–Crippen MR) is 139 cm³/mol. The summed E-state index contributed by atoms with van der Waals surface area (Å²) in [7, 11) is 0. The molecule has 6 nitrogen and oxygen atoms in total. The smallest absolute Gasteiger partial charge is 0.344 e. The van der Waals surface area contributed by atoms with Crippen LogP contribution in [-0.4, -0.2) is 35.5 Å². The van der Waals surface area contributed by atoms with Crippen LogP contribution < -0.4 is 14.2 Å². The molecule has 190 valence electrons. The molecule has 0 radical (unpaired) electrons. The van der Waals surface area contributed by atoms with Gasteiger partial charge in [0, 0.05) is 23.6 Å². The van der Waals surface area contributed by atoms with Crippen molar-refractivity contribution < 1.29 is 29.2 Å². The van der Waals surface area contributed by atoms with Gasteiger partial charge in [-0.25, -0.2) is 4.79 Å². The Labute approximate surface area is 212 Å². The number of phenols is 1. The van der Waals surface area contributed by atoms with Crippen LogP contribution in [0.4, 0.5) is 0 Å². The molecule has 1 aliphatic heterocycles. The first kappa shape index (κ1) is 25.4. The van der Waals surface area contributed by atoms with E-state index in [0.29, 0.717) is 44.0 Å². The van der Waals surface area contributed by atoms with Crippen LogP contribution in [0, 0.1) is 0 Å². The molecule has 0 aliphatic carbocycles. The highest BCUT2D eigenvalue weighted by Crippen LogP contribution is 2.38. The average molecular weight is 491 g/mol. The van der Waals surface area contributed by atoms with Gasteiger partial charge >= 0.3 is 5.97 Å². The second kappa shape index (κ2) is 11.8. The monoisotopic (exact) mass is 490 g/mol. The zero-order chi connectivity index (χ0) is 25.5. The number of aryl methyl sites for hydroxylation is 2. The van der Waals surface area contributed by atoms with E-state index in [1.165, 1.54) is 0 Å². The van der Waals surface area contributed by atoms with Crippen LogP contribution in [-0.2, 0) is 24.1 Å². The lowest BCUT2D eigenvalue weighted by atomic mass is 9.96. The Hall–Kier alpha value is -3.67. The average Bonchev–Trinajstić information content (AvgIpc) is 2.89. The third-order valence-corrected chi connectivity index (χ3v) is 6.46. The van der Waals surface area contributed by atoms with Gasteiger partial charge in [0.1, 0.15) is 23.0 Å². The Bertz CT molecular complexity index is 1190. The number of hydrogen-bond donors (Lipinski definition) is 2. The van der Waals surface area contributed by atoms with Crippen molar-refractivity contribution in [2.24, 2.45) is 0 Å². The maximum atomic E-state index is 11.5. The number of hydrogen-bond acceptors (Lipinski definition) is 5. The number of ether oxygens (including phenoxy) is 3. The van der Waals surface area contributed by atoms with E-state index in [1.54, 1.807) is 6.07 Å². The fourth-order valence-corrected chi connectivity index (χ4v) is 4.58. The van der Waals surface area contributed by atoms with E-state index >= 15 is 0 Å². The van der Waals surface area contributed by atoms with Crippen LogP contribution in [0.3, 0.4) is 0 Å². The Morgan fingerprint density at radius 3 is 2.47 bits per heavy atom. The van der Waals surface area contributed by atoms with Crippen LogP contribution in [0.25, 0.3) is 11.1 Å². The molecule has 36 heavy (non-hydrogen) atoms. The summed E-state index contributed by atoms with van der Waals surface area (Å²) >= 11 is 0. The Morgan fingerprint density at radius 2 is 1.78 bits per heavy atom. The number of benzene rings is 3. The summed E-state index contributed by atoms with van der Waals surface area (Å²) in [6.07, 6.45) is 3.46. The van der Waals surface area contributed by atoms with Crippen molar-refractivity contribution in [3.05, 3.63) is 71.3 Å². The third kappa shape index (κ3) is 5.76. The zero-order valence-corrected chi connectivity index (χ0v) is 21.0. The van der Waals surface area contributed by atoms with Gasteiger partial charge in [0.05, 0.1) is 13.2 Å². The topological polar surface area (TPSA) is 85.2 Å². The summed E-state index contributed by atoms with van der Waals surface area (Å²) in [5.74, 6) is 1.36. The molecule has 0 bridgehead atoms. The fourth-order valence-electron chi connectivity index (χ4n) is 4.58. The molecule has 0 saturated heterocycles. The Kier molecular flexibility index (Phi) is 8.36. The lowest BCUT2D eigenvalue weighted by Gasteiger charge is -2.26. The first-order valence-corrected chi connectivity index (χ1v) is 12.7. The van der Waals surface area contributed by atoms with Gasteiger partial charge in [-0.2, -0.15) is 0 Å². The summed E-state index contributed by atoms with van der Waals surface area (Å²) in [5, 5.41) is 20.0. The molecule has 0 fully saturated rings. The summed E-state index contributed by atoms with van der Waals surface area (Å²) in [5.41, 5.74) is 4.79. The van der Waals surface area contributed by atoms with Gasteiger partial charge in [-0.05, 0) is 54.5 Å². The second-order valence-corrected chi connectivity index (χ2v) is 9.01. The van der Waals surface area contributed by atoms with Crippen molar-refractivity contribution in [3.63, 3.8) is 0 Å². The maximum absolute atomic E-state index is 11.5. The van der Waals surface area contributed by atoms with Gasteiger partial charge in [0.25, 0.3) is 0 Å². The molecule has 0 spiro atoms. The van der Waals surface area contributed by atoms with Gasteiger partial charge < -0.3 is 24.4 Å². The minimum atomic E-state index is -0.930. The van der Waals surface area contributed by atoms with E-state index in [1.807, 2.05) is 48.5 Å². The van der Waals surface area contributed by atoms with E-state index < -0.39 is 12.1 Å². The van der Waals surface area contributed by atoms with Crippen LogP contribution >= 0.6 is 0 Å². The van der Waals surface area contributed by atoms with Crippen LogP contribution in [0.15, 0.2) is 54.6 Å². The molecular formula is C30H34O6. The second-order valence-electron chi connectivity index (χ2n) is 9.01.